The van der Waals surface area contributed by atoms with Crippen molar-refractivity contribution in [3.8, 4) is 0 Å². The zero-order chi connectivity index (χ0) is 20.9. The SMILES string of the molecule is Nc1nc2c(ncn2C2OC(COP(=O)(O)OP(=O)([O-])[O-])C(O)C2O)c(=O)[nH]1. The van der Waals surface area contributed by atoms with E-state index >= 15 is 0 Å². The monoisotopic (exact) mass is 441 g/mol. The van der Waals surface area contributed by atoms with Crippen molar-refractivity contribution in [1.82, 2.24) is 19.5 Å². The van der Waals surface area contributed by atoms with E-state index in [1.54, 1.807) is 0 Å². The van der Waals surface area contributed by atoms with Crippen LogP contribution in [0.2, 0.25) is 0 Å². The standard InChI is InChI=1S/C10H15N5O11P2/c11-10-13-7-4(8(18)14-10)12-2-15(7)9-6(17)5(16)3(25-9)1-24-28(22,23)26-27(19,20)21/h2-3,5-6,9,16-17H,1H2,(H,22,23)(H2,19,20,21)(H3,11,13,14,18)/p-2. The topological polar surface area (TPSA) is 258 Å². The molecule has 16 nitrogen and oxygen atoms in total. The summed E-state index contributed by atoms with van der Waals surface area (Å²) in [5.41, 5.74) is 4.59. The molecule has 0 radical (unpaired) electrons. The predicted octanol–water partition coefficient (Wildman–Crippen LogP) is -3.72. The van der Waals surface area contributed by atoms with E-state index in [0.717, 1.165) is 10.9 Å². The Morgan fingerprint density at radius 3 is 2.68 bits per heavy atom. The van der Waals surface area contributed by atoms with Crippen LogP contribution in [0.4, 0.5) is 5.95 Å². The van der Waals surface area contributed by atoms with Gasteiger partial charge in [0.05, 0.1) is 20.8 Å². The summed E-state index contributed by atoms with van der Waals surface area (Å²) in [7, 11) is -11.1. The first-order valence-corrected chi connectivity index (χ1v) is 10.3. The molecular weight excluding hydrogens is 428 g/mol. The van der Waals surface area contributed by atoms with E-state index in [-0.39, 0.29) is 17.1 Å². The van der Waals surface area contributed by atoms with Gasteiger partial charge in [0.2, 0.25) is 5.95 Å². The van der Waals surface area contributed by atoms with Gasteiger partial charge in [0.15, 0.2) is 17.4 Å². The summed E-state index contributed by atoms with van der Waals surface area (Å²) in [5.74, 6) is -0.245. The lowest BCUT2D eigenvalue weighted by Crippen LogP contribution is -2.33. The molecule has 0 saturated carbocycles. The minimum atomic E-state index is -5.82. The predicted molar refractivity (Wildman–Crippen MR) is 83.0 cm³/mol. The van der Waals surface area contributed by atoms with Gasteiger partial charge in [-0.1, -0.05) is 0 Å². The number of nitrogens with two attached hydrogens (primary N) is 1. The molecule has 3 rings (SSSR count). The second-order valence-electron chi connectivity index (χ2n) is 5.61. The number of anilines is 1. The highest BCUT2D eigenvalue weighted by Crippen LogP contribution is 2.54. The fourth-order valence-electron chi connectivity index (χ4n) is 2.54. The highest BCUT2D eigenvalue weighted by molar-refractivity contribution is 7.59. The quantitative estimate of drug-likeness (QED) is 0.270. The summed E-state index contributed by atoms with van der Waals surface area (Å²) >= 11 is 0. The summed E-state index contributed by atoms with van der Waals surface area (Å²) in [6.45, 7) is -0.925. The first-order chi connectivity index (χ1) is 12.9. The molecule has 0 aromatic carbocycles. The van der Waals surface area contributed by atoms with Crippen molar-refractivity contribution in [3.05, 3.63) is 16.7 Å². The normalized spacial score (nSPS) is 27.9. The molecule has 1 saturated heterocycles. The number of hydrogen-bond acceptors (Lipinski definition) is 13. The Bertz CT molecular complexity index is 1030. The third kappa shape index (κ3) is 4.31. The van der Waals surface area contributed by atoms with E-state index in [1.807, 2.05) is 0 Å². The fourth-order valence-corrected chi connectivity index (χ4v) is 4.08. The smallest absolute Gasteiger partial charge is 0.476 e. The summed E-state index contributed by atoms with van der Waals surface area (Å²) in [6.07, 6.45) is -5.02. The average Bonchev–Trinajstić information content (AvgIpc) is 3.06. The van der Waals surface area contributed by atoms with Crippen LogP contribution < -0.4 is 21.1 Å². The largest absolute Gasteiger partial charge is 0.789 e. The van der Waals surface area contributed by atoms with Gasteiger partial charge in [0.1, 0.15) is 18.3 Å². The lowest BCUT2D eigenvalue weighted by molar-refractivity contribution is -0.334. The first kappa shape index (κ1) is 21.0. The number of aliphatic hydroxyl groups excluding tert-OH is 2. The van der Waals surface area contributed by atoms with Crippen molar-refractivity contribution in [2.45, 2.75) is 24.5 Å². The summed E-state index contributed by atoms with van der Waals surface area (Å²) < 4.78 is 35.9. The second-order valence-corrected chi connectivity index (χ2v) is 8.36. The van der Waals surface area contributed by atoms with Crippen molar-refractivity contribution in [1.29, 1.82) is 0 Å². The number of aromatic amines is 1. The van der Waals surface area contributed by atoms with E-state index in [1.165, 1.54) is 0 Å². The second kappa shape index (κ2) is 7.27. The van der Waals surface area contributed by atoms with Gasteiger partial charge in [-0.25, -0.2) is 9.55 Å². The fraction of sp³-hybridized carbons (Fsp3) is 0.500. The van der Waals surface area contributed by atoms with E-state index < -0.39 is 52.4 Å². The Balaban J connectivity index is 1.79. The molecule has 1 aliphatic heterocycles. The van der Waals surface area contributed by atoms with Gasteiger partial charge >= 0.3 is 7.82 Å². The molecular formula is C10H13N5O11P2-2. The molecule has 28 heavy (non-hydrogen) atoms. The molecule has 1 fully saturated rings. The minimum Gasteiger partial charge on any atom is -0.789 e. The summed E-state index contributed by atoms with van der Waals surface area (Å²) in [4.78, 5) is 51.7. The molecule has 6 N–H and O–H groups in total. The van der Waals surface area contributed by atoms with E-state index in [9.17, 15) is 38.8 Å². The molecule has 18 heteroatoms. The number of H-pyrrole nitrogens is 1. The molecule has 0 aliphatic carbocycles. The molecule has 2 aromatic rings. The molecule has 0 amide bonds. The number of aromatic nitrogens is 4. The number of nitrogen functional groups attached to an aromatic ring is 1. The Morgan fingerprint density at radius 1 is 1.36 bits per heavy atom. The van der Waals surface area contributed by atoms with Gasteiger partial charge in [-0.05, 0) is 0 Å². The van der Waals surface area contributed by atoms with Gasteiger partial charge in [-0.2, -0.15) is 4.98 Å². The van der Waals surface area contributed by atoms with Crippen LogP contribution >= 0.6 is 15.6 Å². The van der Waals surface area contributed by atoms with Crippen molar-refractivity contribution >= 4 is 32.8 Å². The first-order valence-electron chi connectivity index (χ1n) is 7.32. The molecule has 2 aromatic heterocycles. The van der Waals surface area contributed by atoms with Gasteiger partial charge in [-0.3, -0.25) is 23.2 Å². The highest BCUT2D eigenvalue weighted by atomic mass is 31.3. The van der Waals surface area contributed by atoms with Crippen LogP contribution in [0, 0.1) is 0 Å². The van der Waals surface area contributed by atoms with Crippen LogP contribution in [-0.4, -0.2) is 59.5 Å². The number of ether oxygens (including phenoxy) is 1. The minimum absolute atomic E-state index is 0.0751. The number of phosphoric ester groups is 1. The number of imidazole rings is 1. The molecule has 5 atom stereocenters. The Morgan fingerprint density at radius 2 is 2.04 bits per heavy atom. The number of hydrogen-bond donors (Lipinski definition) is 5. The number of rotatable bonds is 6. The van der Waals surface area contributed by atoms with Crippen molar-refractivity contribution in [2.75, 3.05) is 12.3 Å². The third-order valence-corrected chi connectivity index (χ3v) is 5.77. The number of fused-ring (bicyclic) bond motifs is 1. The maximum absolute atomic E-state index is 11.8. The van der Waals surface area contributed by atoms with Crippen molar-refractivity contribution in [3.63, 3.8) is 0 Å². The van der Waals surface area contributed by atoms with E-state index in [0.29, 0.717) is 0 Å². The van der Waals surface area contributed by atoms with E-state index in [2.05, 4.69) is 23.8 Å². The van der Waals surface area contributed by atoms with Gasteiger partial charge in [-0.15, -0.1) is 0 Å². The maximum Gasteiger partial charge on any atom is 0.476 e. The van der Waals surface area contributed by atoms with E-state index in [4.69, 9.17) is 10.5 Å². The van der Waals surface area contributed by atoms with Gasteiger partial charge in [0, 0.05) is 0 Å². The summed E-state index contributed by atoms with van der Waals surface area (Å²) in [6, 6.07) is 0. The van der Waals surface area contributed by atoms with Crippen LogP contribution in [0.3, 0.4) is 0 Å². The highest BCUT2D eigenvalue weighted by Gasteiger charge is 2.45. The molecule has 3 heterocycles. The van der Waals surface area contributed by atoms with Crippen LogP contribution in [0.1, 0.15) is 6.23 Å². The average molecular weight is 441 g/mol. The van der Waals surface area contributed by atoms with Crippen molar-refractivity contribution in [2.24, 2.45) is 0 Å². The molecule has 1 aliphatic rings. The Hall–Kier alpha value is -1.71. The zero-order valence-electron chi connectivity index (χ0n) is 13.5. The van der Waals surface area contributed by atoms with Crippen LogP contribution in [-0.2, 0) is 22.7 Å². The Labute approximate surface area is 154 Å². The Kier molecular flexibility index (Phi) is 5.46. The van der Waals surface area contributed by atoms with Crippen LogP contribution in [0.15, 0.2) is 11.1 Å². The molecule has 0 spiro atoms. The lowest BCUT2D eigenvalue weighted by atomic mass is 10.1. The van der Waals surface area contributed by atoms with Crippen LogP contribution in [0.5, 0.6) is 0 Å². The maximum atomic E-state index is 11.8. The van der Waals surface area contributed by atoms with Gasteiger partial charge in [0.25, 0.3) is 5.56 Å². The molecule has 0 bridgehead atoms. The number of nitrogens with zero attached hydrogens (tertiary/aromatic N) is 3. The molecule has 156 valence electrons. The third-order valence-electron chi connectivity index (χ3n) is 3.67. The lowest BCUT2D eigenvalue weighted by Gasteiger charge is -2.30. The number of aliphatic hydroxyl groups is 2. The number of phosphoric acid groups is 2. The molecule has 5 unspecified atom stereocenters. The van der Waals surface area contributed by atoms with Crippen molar-refractivity contribution < 1.29 is 47.6 Å². The summed E-state index contributed by atoms with van der Waals surface area (Å²) in [5, 5.41) is 20.2. The zero-order valence-corrected chi connectivity index (χ0v) is 15.3. The van der Waals surface area contributed by atoms with Gasteiger partial charge < -0.3 is 39.9 Å². The number of nitrogens with one attached hydrogen (secondary N) is 1. The van der Waals surface area contributed by atoms with Crippen LogP contribution in [0.25, 0.3) is 11.2 Å².